The molecule has 1 heteroatoms. The Kier molecular flexibility index (Phi) is 4.90. The van der Waals surface area contributed by atoms with Gasteiger partial charge in [-0.3, -0.25) is 0 Å². The average molecular weight is 237 g/mol. The lowest BCUT2D eigenvalue weighted by Gasteiger charge is -2.37. The molecule has 2 rings (SSSR count). The van der Waals surface area contributed by atoms with Crippen molar-refractivity contribution in [1.29, 1.82) is 0 Å². The Morgan fingerprint density at radius 2 is 1.59 bits per heavy atom. The molecule has 2 aliphatic carbocycles. The third-order valence-corrected chi connectivity index (χ3v) is 5.52. The highest BCUT2D eigenvalue weighted by atomic mass is 14.8. The Morgan fingerprint density at radius 1 is 0.882 bits per heavy atom. The van der Waals surface area contributed by atoms with Crippen LogP contribution in [0.2, 0.25) is 0 Å². The van der Waals surface area contributed by atoms with Crippen molar-refractivity contribution in [3.63, 3.8) is 0 Å². The minimum absolute atomic E-state index is 0.203. The molecule has 0 amide bonds. The second-order valence-corrected chi connectivity index (χ2v) is 6.63. The summed E-state index contributed by atoms with van der Waals surface area (Å²) in [7, 11) is 0. The smallest absolute Gasteiger partial charge is 0.0182 e. The van der Waals surface area contributed by atoms with Gasteiger partial charge >= 0.3 is 0 Å². The average Bonchev–Trinajstić information content (AvgIpc) is 2.70. The van der Waals surface area contributed by atoms with Crippen LogP contribution in [0.15, 0.2) is 0 Å². The van der Waals surface area contributed by atoms with E-state index in [-0.39, 0.29) is 5.54 Å². The van der Waals surface area contributed by atoms with Gasteiger partial charge in [-0.1, -0.05) is 51.9 Å². The molecule has 2 saturated carbocycles. The predicted octanol–water partition coefficient (Wildman–Crippen LogP) is 4.64. The van der Waals surface area contributed by atoms with Crippen molar-refractivity contribution in [3.8, 4) is 0 Å². The minimum Gasteiger partial charge on any atom is -0.325 e. The zero-order chi connectivity index (χ0) is 12.1. The molecule has 0 radical (unpaired) electrons. The lowest BCUT2D eigenvalue weighted by molar-refractivity contribution is 0.212. The van der Waals surface area contributed by atoms with E-state index in [2.05, 4.69) is 6.92 Å². The van der Waals surface area contributed by atoms with Crippen molar-refractivity contribution >= 4 is 0 Å². The molecule has 2 fully saturated rings. The van der Waals surface area contributed by atoms with Crippen molar-refractivity contribution < 1.29 is 0 Å². The summed E-state index contributed by atoms with van der Waals surface area (Å²) < 4.78 is 0. The van der Waals surface area contributed by atoms with Gasteiger partial charge in [-0.05, 0) is 43.9 Å². The Bertz CT molecular complexity index is 218. The van der Waals surface area contributed by atoms with E-state index in [1.807, 2.05) is 0 Å². The summed E-state index contributed by atoms with van der Waals surface area (Å²) in [6, 6.07) is 0. The first kappa shape index (κ1) is 13.4. The summed E-state index contributed by atoms with van der Waals surface area (Å²) in [5.41, 5.74) is 7.02. The molecule has 100 valence electrons. The molecule has 0 aromatic heterocycles. The molecule has 2 aliphatic rings. The van der Waals surface area contributed by atoms with E-state index < -0.39 is 0 Å². The zero-order valence-electron chi connectivity index (χ0n) is 11.7. The van der Waals surface area contributed by atoms with Gasteiger partial charge in [-0.25, -0.2) is 0 Å². The molecule has 0 aromatic carbocycles. The Morgan fingerprint density at radius 3 is 2.24 bits per heavy atom. The largest absolute Gasteiger partial charge is 0.325 e. The summed E-state index contributed by atoms with van der Waals surface area (Å²) in [6.07, 6.45) is 16.7. The molecule has 2 atom stereocenters. The van der Waals surface area contributed by atoms with E-state index in [0.29, 0.717) is 0 Å². The van der Waals surface area contributed by atoms with Gasteiger partial charge in [0.2, 0.25) is 0 Å². The topological polar surface area (TPSA) is 26.0 Å². The maximum Gasteiger partial charge on any atom is 0.0182 e. The number of nitrogens with two attached hydrogens (primary N) is 1. The molecule has 0 saturated heterocycles. The number of hydrogen-bond donors (Lipinski definition) is 1. The van der Waals surface area contributed by atoms with Crippen LogP contribution in [0.4, 0.5) is 0 Å². The molecule has 17 heavy (non-hydrogen) atoms. The number of hydrogen-bond acceptors (Lipinski definition) is 1. The maximum absolute atomic E-state index is 6.82. The maximum atomic E-state index is 6.82. The van der Waals surface area contributed by atoms with Crippen LogP contribution >= 0.6 is 0 Å². The Labute approximate surface area is 108 Å². The molecular weight excluding hydrogens is 206 g/mol. The van der Waals surface area contributed by atoms with Crippen molar-refractivity contribution in [2.24, 2.45) is 17.6 Å². The lowest BCUT2D eigenvalue weighted by Crippen LogP contribution is -2.46. The van der Waals surface area contributed by atoms with Crippen LogP contribution in [0.5, 0.6) is 0 Å². The Hall–Kier alpha value is -0.0400. The normalized spacial score (nSPS) is 37.4. The van der Waals surface area contributed by atoms with Crippen LogP contribution in [0.3, 0.4) is 0 Å². The van der Waals surface area contributed by atoms with Crippen LogP contribution in [0.25, 0.3) is 0 Å². The highest BCUT2D eigenvalue weighted by Gasteiger charge is 2.36. The van der Waals surface area contributed by atoms with E-state index in [4.69, 9.17) is 5.73 Å². The zero-order valence-corrected chi connectivity index (χ0v) is 11.7. The first-order valence-electron chi connectivity index (χ1n) is 8.03. The minimum atomic E-state index is 0.203. The highest BCUT2D eigenvalue weighted by molar-refractivity contribution is 4.94. The van der Waals surface area contributed by atoms with Gasteiger partial charge < -0.3 is 5.73 Å². The first-order chi connectivity index (χ1) is 8.24. The highest BCUT2D eigenvalue weighted by Crippen LogP contribution is 2.40. The second kappa shape index (κ2) is 6.22. The number of rotatable bonds is 2. The molecular formula is C16H31N. The van der Waals surface area contributed by atoms with E-state index in [1.54, 1.807) is 0 Å². The first-order valence-corrected chi connectivity index (χ1v) is 8.03. The van der Waals surface area contributed by atoms with Crippen LogP contribution in [0.1, 0.15) is 84.0 Å². The van der Waals surface area contributed by atoms with Gasteiger partial charge in [0, 0.05) is 5.54 Å². The fourth-order valence-electron chi connectivity index (χ4n) is 4.13. The monoisotopic (exact) mass is 237 g/mol. The summed E-state index contributed by atoms with van der Waals surface area (Å²) >= 11 is 0. The molecule has 2 unspecified atom stereocenters. The molecule has 1 nitrogen and oxygen atoms in total. The third kappa shape index (κ3) is 3.47. The summed E-state index contributed by atoms with van der Waals surface area (Å²) in [5.74, 6) is 1.80. The molecule has 0 aliphatic heterocycles. The standard InChI is InChI=1S/C16H31N/c1-2-14-8-7-12-16(17,13-11-14)15-9-5-3-4-6-10-15/h14-15H,2-13,17H2,1H3. The van der Waals surface area contributed by atoms with Crippen molar-refractivity contribution in [3.05, 3.63) is 0 Å². The Balaban J connectivity index is 1.96. The summed E-state index contributed by atoms with van der Waals surface area (Å²) in [6.45, 7) is 2.35. The van der Waals surface area contributed by atoms with Crippen LogP contribution in [-0.4, -0.2) is 5.54 Å². The molecule has 2 N–H and O–H groups in total. The SMILES string of the molecule is CCC1CCCC(N)(C2CCCCCC2)CC1. The van der Waals surface area contributed by atoms with Gasteiger partial charge in [0.25, 0.3) is 0 Å². The summed E-state index contributed by atoms with van der Waals surface area (Å²) in [5, 5.41) is 0. The molecule has 0 heterocycles. The third-order valence-electron chi connectivity index (χ3n) is 5.52. The molecule has 0 spiro atoms. The predicted molar refractivity (Wildman–Crippen MR) is 75.0 cm³/mol. The van der Waals surface area contributed by atoms with Crippen molar-refractivity contribution in [2.75, 3.05) is 0 Å². The van der Waals surface area contributed by atoms with Gasteiger partial charge in [0.1, 0.15) is 0 Å². The van der Waals surface area contributed by atoms with Crippen LogP contribution in [0, 0.1) is 11.8 Å². The van der Waals surface area contributed by atoms with E-state index in [0.717, 1.165) is 11.8 Å². The van der Waals surface area contributed by atoms with Gasteiger partial charge in [-0.2, -0.15) is 0 Å². The van der Waals surface area contributed by atoms with Crippen molar-refractivity contribution in [1.82, 2.24) is 0 Å². The van der Waals surface area contributed by atoms with Gasteiger partial charge in [0.15, 0.2) is 0 Å². The van der Waals surface area contributed by atoms with Gasteiger partial charge in [-0.15, -0.1) is 0 Å². The van der Waals surface area contributed by atoms with Gasteiger partial charge in [0.05, 0.1) is 0 Å². The fourth-order valence-corrected chi connectivity index (χ4v) is 4.13. The fraction of sp³-hybridized carbons (Fsp3) is 1.00. The summed E-state index contributed by atoms with van der Waals surface area (Å²) in [4.78, 5) is 0. The van der Waals surface area contributed by atoms with E-state index >= 15 is 0 Å². The lowest BCUT2D eigenvalue weighted by atomic mass is 9.75. The van der Waals surface area contributed by atoms with Crippen LogP contribution < -0.4 is 5.73 Å². The van der Waals surface area contributed by atoms with E-state index in [9.17, 15) is 0 Å². The van der Waals surface area contributed by atoms with Crippen molar-refractivity contribution in [2.45, 2.75) is 89.5 Å². The second-order valence-electron chi connectivity index (χ2n) is 6.63. The van der Waals surface area contributed by atoms with Crippen LogP contribution in [-0.2, 0) is 0 Å². The van der Waals surface area contributed by atoms with E-state index in [1.165, 1.54) is 77.0 Å². The molecule has 0 aromatic rings. The molecule has 0 bridgehead atoms. The quantitative estimate of drug-likeness (QED) is 0.695.